The van der Waals surface area contributed by atoms with E-state index in [1.54, 1.807) is 6.07 Å². The molecule has 0 aliphatic rings. The fraction of sp³-hybridized carbons (Fsp3) is 0.0909. The number of rotatable bonds is 3. The molecule has 1 atom stereocenters. The van der Waals surface area contributed by atoms with E-state index < -0.39 is 4.92 Å². The maximum atomic E-state index is 10.5. The van der Waals surface area contributed by atoms with E-state index in [2.05, 4.69) is 31.9 Å². The number of hydrogen-bond donors (Lipinski definition) is 0. The summed E-state index contributed by atoms with van der Waals surface area (Å²) in [6.07, 6.45) is 0. The molecule has 1 heterocycles. The Morgan fingerprint density at radius 1 is 1.18 bits per heavy atom. The molecule has 88 valence electrons. The van der Waals surface area contributed by atoms with E-state index in [-0.39, 0.29) is 10.7 Å². The maximum absolute atomic E-state index is 10.5. The van der Waals surface area contributed by atoms with Gasteiger partial charge in [-0.25, -0.2) is 0 Å². The first kappa shape index (κ1) is 12.3. The molecule has 0 fully saturated rings. The first-order valence-corrected chi connectivity index (χ1v) is 6.42. The van der Waals surface area contributed by atoms with Crippen LogP contribution < -0.4 is 0 Å². The van der Waals surface area contributed by atoms with Gasteiger partial charge in [0.25, 0.3) is 0 Å². The zero-order chi connectivity index (χ0) is 12.4. The Balaban J connectivity index is 2.27. The van der Waals surface area contributed by atoms with Gasteiger partial charge in [0.1, 0.15) is 10.7 Å². The molecule has 0 bridgehead atoms. The second kappa shape index (κ2) is 5.01. The Bertz CT molecular complexity index is 536. The van der Waals surface area contributed by atoms with Gasteiger partial charge in [-0.3, -0.25) is 10.1 Å². The SMILES string of the molecule is O=[N+]([O-])c1ccc(C(Br)c2ccc(Br)cc2)o1. The Morgan fingerprint density at radius 2 is 1.82 bits per heavy atom. The fourth-order valence-corrected chi connectivity index (χ4v) is 2.19. The highest BCUT2D eigenvalue weighted by molar-refractivity contribution is 9.10. The quantitative estimate of drug-likeness (QED) is 0.462. The van der Waals surface area contributed by atoms with Crippen molar-refractivity contribution < 1.29 is 9.34 Å². The molecule has 0 saturated heterocycles. The van der Waals surface area contributed by atoms with Crippen molar-refractivity contribution in [2.24, 2.45) is 0 Å². The molecule has 1 aromatic carbocycles. The molecule has 0 aliphatic heterocycles. The highest BCUT2D eigenvalue weighted by atomic mass is 79.9. The highest BCUT2D eigenvalue weighted by Gasteiger charge is 2.18. The van der Waals surface area contributed by atoms with Crippen LogP contribution in [-0.4, -0.2) is 4.92 Å². The van der Waals surface area contributed by atoms with Gasteiger partial charge in [0.05, 0.1) is 10.9 Å². The predicted molar refractivity (Wildman–Crippen MR) is 70.3 cm³/mol. The third-order valence-electron chi connectivity index (χ3n) is 2.20. The molecule has 1 aromatic heterocycles. The van der Waals surface area contributed by atoms with Gasteiger partial charge in [0, 0.05) is 4.47 Å². The molecule has 1 unspecified atom stereocenters. The van der Waals surface area contributed by atoms with E-state index in [1.165, 1.54) is 6.07 Å². The summed E-state index contributed by atoms with van der Waals surface area (Å²) in [5.74, 6) is 0.264. The third-order valence-corrected chi connectivity index (χ3v) is 3.71. The molecule has 4 nitrogen and oxygen atoms in total. The molecule has 2 aromatic rings. The minimum atomic E-state index is -0.551. The van der Waals surface area contributed by atoms with Crippen molar-refractivity contribution in [3.05, 3.63) is 62.3 Å². The number of furan rings is 1. The summed E-state index contributed by atoms with van der Waals surface area (Å²) in [7, 11) is 0. The fourth-order valence-electron chi connectivity index (χ4n) is 1.37. The van der Waals surface area contributed by atoms with Crippen molar-refractivity contribution in [1.82, 2.24) is 0 Å². The van der Waals surface area contributed by atoms with Crippen molar-refractivity contribution >= 4 is 37.7 Å². The Kier molecular flexibility index (Phi) is 3.63. The van der Waals surface area contributed by atoms with Crippen LogP contribution in [0.3, 0.4) is 0 Å². The molecule has 0 aliphatic carbocycles. The van der Waals surface area contributed by atoms with Crippen LogP contribution in [0.5, 0.6) is 0 Å². The number of nitro groups is 1. The summed E-state index contributed by atoms with van der Waals surface area (Å²) in [4.78, 5) is 9.77. The average molecular weight is 361 g/mol. The average Bonchev–Trinajstić information content (AvgIpc) is 2.78. The normalized spacial score (nSPS) is 12.4. The van der Waals surface area contributed by atoms with Crippen molar-refractivity contribution in [3.8, 4) is 0 Å². The van der Waals surface area contributed by atoms with Gasteiger partial charge in [0.2, 0.25) is 0 Å². The van der Waals surface area contributed by atoms with Crippen molar-refractivity contribution in [3.63, 3.8) is 0 Å². The second-order valence-electron chi connectivity index (χ2n) is 3.35. The van der Waals surface area contributed by atoms with Crippen LogP contribution in [0.25, 0.3) is 0 Å². The van der Waals surface area contributed by atoms with Crippen LogP contribution in [0.4, 0.5) is 5.88 Å². The minimum absolute atomic E-state index is 0.190. The van der Waals surface area contributed by atoms with E-state index in [9.17, 15) is 10.1 Å². The van der Waals surface area contributed by atoms with Crippen LogP contribution in [0.2, 0.25) is 0 Å². The molecule has 0 radical (unpaired) electrons. The molecule has 0 spiro atoms. The Hall–Kier alpha value is -1.14. The number of hydrogen-bond acceptors (Lipinski definition) is 3. The molecule has 6 heteroatoms. The van der Waals surface area contributed by atoms with E-state index in [4.69, 9.17) is 4.42 Å². The number of nitrogens with zero attached hydrogens (tertiary/aromatic N) is 1. The van der Waals surface area contributed by atoms with Crippen LogP contribution in [-0.2, 0) is 0 Å². The lowest BCUT2D eigenvalue weighted by Gasteiger charge is -2.06. The van der Waals surface area contributed by atoms with Crippen molar-refractivity contribution in [2.75, 3.05) is 0 Å². The van der Waals surface area contributed by atoms with Crippen LogP contribution in [0.15, 0.2) is 45.3 Å². The monoisotopic (exact) mass is 359 g/mol. The van der Waals surface area contributed by atoms with Crippen LogP contribution in [0.1, 0.15) is 16.2 Å². The summed E-state index contributed by atoms with van der Waals surface area (Å²) in [6, 6.07) is 10.6. The largest absolute Gasteiger partial charge is 0.433 e. The summed E-state index contributed by atoms with van der Waals surface area (Å²) in [6.45, 7) is 0. The van der Waals surface area contributed by atoms with Gasteiger partial charge in [-0.05, 0) is 23.8 Å². The molecule has 0 N–H and O–H groups in total. The summed E-state index contributed by atoms with van der Waals surface area (Å²) in [5.41, 5.74) is 0.970. The van der Waals surface area contributed by atoms with Crippen molar-refractivity contribution in [1.29, 1.82) is 0 Å². The van der Waals surface area contributed by atoms with Crippen molar-refractivity contribution in [2.45, 2.75) is 4.83 Å². The zero-order valence-corrected chi connectivity index (χ0v) is 11.6. The lowest BCUT2D eigenvalue weighted by Crippen LogP contribution is -1.90. The topological polar surface area (TPSA) is 56.3 Å². The minimum Gasteiger partial charge on any atom is -0.404 e. The number of alkyl halides is 1. The number of benzene rings is 1. The lowest BCUT2D eigenvalue weighted by molar-refractivity contribution is -0.402. The summed E-state index contributed by atoms with van der Waals surface area (Å²) < 4.78 is 6.11. The molecule has 2 rings (SSSR count). The molecule has 0 amide bonds. The summed E-state index contributed by atoms with van der Waals surface area (Å²) in [5, 5.41) is 10.5. The summed E-state index contributed by atoms with van der Waals surface area (Å²) >= 11 is 6.80. The second-order valence-corrected chi connectivity index (χ2v) is 5.18. The van der Waals surface area contributed by atoms with Gasteiger partial charge in [-0.15, -0.1) is 0 Å². The van der Waals surface area contributed by atoms with Gasteiger partial charge < -0.3 is 4.42 Å². The van der Waals surface area contributed by atoms with Crippen LogP contribution in [0, 0.1) is 10.1 Å². The van der Waals surface area contributed by atoms with E-state index in [0.717, 1.165) is 10.0 Å². The third kappa shape index (κ3) is 2.76. The maximum Gasteiger partial charge on any atom is 0.433 e. The van der Waals surface area contributed by atoms with E-state index in [0.29, 0.717) is 5.76 Å². The Labute approximate surface area is 114 Å². The predicted octanol–water partition coefficient (Wildman–Crippen LogP) is 4.43. The van der Waals surface area contributed by atoms with Gasteiger partial charge in [-0.2, -0.15) is 0 Å². The first-order chi connectivity index (χ1) is 8.08. The van der Waals surface area contributed by atoms with Crippen LogP contribution >= 0.6 is 31.9 Å². The van der Waals surface area contributed by atoms with Gasteiger partial charge >= 0.3 is 5.88 Å². The van der Waals surface area contributed by atoms with E-state index in [1.807, 2.05) is 24.3 Å². The molecular weight excluding hydrogens is 354 g/mol. The van der Waals surface area contributed by atoms with E-state index >= 15 is 0 Å². The molecule has 0 saturated carbocycles. The van der Waals surface area contributed by atoms with Gasteiger partial charge in [-0.1, -0.05) is 44.0 Å². The molecule has 17 heavy (non-hydrogen) atoms. The zero-order valence-electron chi connectivity index (χ0n) is 8.47. The number of halogens is 2. The lowest BCUT2D eigenvalue weighted by atomic mass is 10.1. The highest BCUT2D eigenvalue weighted by Crippen LogP contribution is 2.34. The Morgan fingerprint density at radius 3 is 2.35 bits per heavy atom. The first-order valence-electron chi connectivity index (χ1n) is 4.71. The molecular formula is C11H7Br2NO3. The van der Waals surface area contributed by atoms with Gasteiger partial charge in [0.15, 0.2) is 0 Å². The standard InChI is InChI=1S/C11H7Br2NO3/c12-8-3-1-7(2-4-8)11(13)9-5-6-10(17-9)14(15)16/h1-6,11H. The smallest absolute Gasteiger partial charge is 0.404 e.